The molecule has 2 fully saturated rings. The number of hydrogen-bond donors (Lipinski definition) is 0. The highest BCUT2D eigenvalue weighted by molar-refractivity contribution is 5.82. The quantitative estimate of drug-likeness (QED) is 0.320. The van der Waals surface area contributed by atoms with Crippen molar-refractivity contribution in [3.8, 4) is 11.6 Å². The van der Waals surface area contributed by atoms with Crippen LogP contribution in [0.1, 0.15) is 71.4 Å². The van der Waals surface area contributed by atoms with Crippen molar-refractivity contribution in [2.45, 2.75) is 89.9 Å². The molecule has 1 aliphatic carbocycles. The molecule has 0 N–H and O–H groups in total. The summed E-state index contributed by atoms with van der Waals surface area (Å²) in [6, 6.07) is 4.81. The fraction of sp³-hybridized carbons (Fsp3) is 0.643. The fourth-order valence-electron chi connectivity index (χ4n) is 4.67. The van der Waals surface area contributed by atoms with Gasteiger partial charge in [0.1, 0.15) is 29.2 Å². The van der Waals surface area contributed by atoms with Gasteiger partial charge in [-0.15, -0.1) is 0 Å². The summed E-state index contributed by atoms with van der Waals surface area (Å²) < 4.78 is 22.2. The number of esters is 1. The summed E-state index contributed by atoms with van der Waals surface area (Å²) >= 11 is 0. The molecule has 0 bridgehead atoms. The number of unbranched alkanes of at least 4 members (excludes halogenated alkanes) is 2. The van der Waals surface area contributed by atoms with Crippen LogP contribution in [0.5, 0.6) is 11.6 Å². The summed E-state index contributed by atoms with van der Waals surface area (Å²) in [5, 5.41) is 0. The molecule has 9 heteroatoms. The van der Waals surface area contributed by atoms with Crippen LogP contribution >= 0.6 is 0 Å². The van der Waals surface area contributed by atoms with Gasteiger partial charge in [-0.2, -0.15) is 0 Å². The molecule has 0 unspecified atom stereocenters. The molecule has 1 saturated carbocycles. The van der Waals surface area contributed by atoms with E-state index < -0.39 is 29.8 Å². The van der Waals surface area contributed by atoms with E-state index in [-0.39, 0.29) is 13.0 Å². The van der Waals surface area contributed by atoms with Crippen molar-refractivity contribution in [1.82, 2.24) is 14.9 Å². The van der Waals surface area contributed by atoms with E-state index in [1.807, 2.05) is 18.2 Å². The highest BCUT2D eigenvalue weighted by atomic mass is 16.6. The summed E-state index contributed by atoms with van der Waals surface area (Å²) in [5.74, 6) is 1.56. The Labute approximate surface area is 218 Å². The van der Waals surface area contributed by atoms with Gasteiger partial charge in [0.25, 0.3) is 0 Å². The normalized spacial score (nSPS) is 19.6. The molecule has 2 atom stereocenters. The van der Waals surface area contributed by atoms with Crippen LogP contribution in [-0.4, -0.2) is 65.4 Å². The van der Waals surface area contributed by atoms with E-state index in [4.69, 9.17) is 28.9 Å². The first-order valence-electron chi connectivity index (χ1n) is 13.3. The zero-order valence-electron chi connectivity index (χ0n) is 22.6. The number of aromatic nitrogens is 2. The number of ether oxygens (including phenoxy) is 4. The average molecular weight is 514 g/mol. The number of carbonyl (C=O) groups is 2. The van der Waals surface area contributed by atoms with Crippen LogP contribution in [-0.2, 0) is 20.7 Å². The number of hydrogen-bond acceptors (Lipinski definition) is 8. The van der Waals surface area contributed by atoms with E-state index in [0.717, 1.165) is 36.4 Å². The molecule has 202 valence electrons. The average Bonchev–Trinajstić information content (AvgIpc) is 3.58. The maximum atomic E-state index is 12.9. The lowest BCUT2D eigenvalue weighted by atomic mass is 10.1. The maximum absolute atomic E-state index is 12.9. The highest BCUT2D eigenvalue weighted by Crippen LogP contribution is 2.34. The highest BCUT2D eigenvalue weighted by Gasteiger charge is 2.43. The first kappa shape index (κ1) is 26.9. The van der Waals surface area contributed by atoms with E-state index >= 15 is 0 Å². The molecule has 2 heterocycles. The summed E-state index contributed by atoms with van der Waals surface area (Å²) in [5.41, 5.74) is 1.54. The number of rotatable bonds is 10. The number of amides is 1. The minimum Gasteiger partial charge on any atom is -0.497 e. The number of carbonyl (C=O) groups excluding carboxylic acids is 2. The van der Waals surface area contributed by atoms with Gasteiger partial charge in [-0.25, -0.2) is 19.6 Å². The van der Waals surface area contributed by atoms with Crippen LogP contribution in [0.2, 0.25) is 0 Å². The Morgan fingerprint density at radius 2 is 1.84 bits per heavy atom. The Kier molecular flexibility index (Phi) is 8.39. The first-order chi connectivity index (χ1) is 17.7. The summed E-state index contributed by atoms with van der Waals surface area (Å²) in [7, 11) is 2.92. The third-order valence-electron chi connectivity index (χ3n) is 6.77. The Morgan fingerprint density at radius 3 is 2.51 bits per heavy atom. The number of likely N-dealkylation sites (tertiary alicyclic amines) is 1. The molecule has 2 aromatic rings. The maximum Gasteiger partial charge on any atom is 0.411 e. The SMILES string of the molecule is COC(=O)[C@@H]1C[C@@H](Oc2nc3cc(OC)ccc3nc2CCCCCC2CC2)CN1C(=O)OC(C)(C)C. The van der Waals surface area contributed by atoms with Crippen LogP contribution in [0.15, 0.2) is 18.2 Å². The van der Waals surface area contributed by atoms with Crippen LogP contribution in [0.25, 0.3) is 11.0 Å². The van der Waals surface area contributed by atoms with Gasteiger partial charge in [0.05, 0.1) is 31.8 Å². The van der Waals surface area contributed by atoms with E-state index in [1.165, 1.54) is 37.7 Å². The zero-order chi connectivity index (χ0) is 26.6. The van der Waals surface area contributed by atoms with Crippen molar-refractivity contribution in [2.75, 3.05) is 20.8 Å². The van der Waals surface area contributed by atoms with Gasteiger partial charge in [-0.3, -0.25) is 4.90 Å². The molecule has 0 spiro atoms. The molecule has 37 heavy (non-hydrogen) atoms. The molecule has 1 aliphatic heterocycles. The minimum atomic E-state index is -0.788. The lowest BCUT2D eigenvalue weighted by molar-refractivity contribution is -0.145. The molecule has 1 saturated heterocycles. The Hall–Kier alpha value is -3.10. The predicted octanol–water partition coefficient (Wildman–Crippen LogP) is 5.08. The molecular formula is C28H39N3O6. The lowest BCUT2D eigenvalue weighted by Crippen LogP contribution is -2.44. The zero-order valence-corrected chi connectivity index (χ0v) is 22.6. The van der Waals surface area contributed by atoms with Gasteiger partial charge in [-0.05, 0) is 51.7 Å². The van der Waals surface area contributed by atoms with Crippen molar-refractivity contribution in [2.24, 2.45) is 5.92 Å². The minimum absolute atomic E-state index is 0.188. The molecule has 0 radical (unpaired) electrons. The monoisotopic (exact) mass is 513 g/mol. The van der Waals surface area contributed by atoms with Gasteiger partial charge < -0.3 is 18.9 Å². The first-order valence-corrected chi connectivity index (χ1v) is 13.3. The number of benzene rings is 1. The summed E-state index contributed by atoms with van der Waals surface area (Å²) in [6.07, 6.45) is 7.44. The van der Waals surface area contributed by atoms with Crippen LogP contribution in [0, 0.1) is 5.92 Å². The molecule has 2 aliphatic rings. The van der Waals surface area contributed by atoms with Crippen molar-refractivity contribution >= 4 is 23.1 Å². The third kappa shape index (κ3) is 7.23. The Bertz CT molecular complexity index is 1110. The van der Waals surface area contributed by atoms with E-state index in [0.29, 0.717) is 17.1 Å². The smallest absolute Gasteiger partial charge is 0.411 e. The van der Waals surface area contributed by atoms with Crippen molar-refractivity contribution < 1.29 is 28.5 Å². The van der Waals surface area contributed by atoms with E-state index in [9.17, 15) is 9.59 Å². The fourth-order valence-corrected chi connectivity index (χ4v) is 4.67. The predicted molar refractivity (Wildman–Crippen MR) is 139 cm³/mol. The van der Waals surface area contributed by atoms with Crippen molar-refractivity contribution in [3.05, 3.63) is 23.9 Å². The lowest BCUT2D eigenvalue weighted by Gasteiger charge is -2.27. The van der Waals surface area contributed by atoms with Gasteiger partial charge >= 0.3 is 12.1 Å². The van der Waals surface area contributed by atoms with Crippen LogP contribution < -0.4 is 9.47 Å². The van der Waals surface area contributed by atoms with Crippen molar-refractivity contribution in [3.63, 3.8) is 0 Å². The van der Waals surface area contributed by atoms with Gasteiger partial charge in [0.2, 0.25) is 5.88 Å². The molecular weight excluding hydrogens is 474 g/mol. The molecule has 1 aromatic carbocycles. The largest absolute Gasteiger partial charge is 0.497 e. The van der Waals surface area contributed by atoms with Gasteiger partial charge in [0, 0.05) is 12.5 Å². The molecule has 1 aromatic heterocycles. The number of methoxy groups -OCH3 is 2. The summed E-state index contributed by atoms with van der Waals surface area (Å²) in [6.45, 7) is 5.56. The van der Waals surface area contributed by atoms with E-state index in [1.54, 1.807) is 27.9 Å². The Morgan fingerprint density at radius 1 is 1.05 bits per heavy atom. The molecule has 4 rings (SSSR count). The standard InChI is InChI=1S/C28H39N3O6/c1-28(2,3)37-27(33)31-17-20(16-24(31)26(32)35-5)36-25-22(10-8-6-7-9-18-11-12-18)29-21-14-13-19(34-4)15-23(21)30-25/h13-15,18,20,24H,6-12,16-17H2,1-5H3/t20-,24+/m1/s1. The van der Waals surface area contributed by atoms with Crippen LogP contribution in [0.3, 0.4) is 0 Å². The van der Waals surface area contributed by atoms with Crippen LogP contribution in [0.4, 0.5) is 4.79 Å². The number of nitrogens with zero attached hydrogens (tertiary/aromatic N) is 3. The Balaban J connectivity index is 1.53. The molecule has 1 amide bonds. The topological polar surface area (TPSA) is 100 Å². The van der Waals surface area contributed by atoms with Crippen molar-refractivity contribution in [1.29, 1.82) is 0 Å². The van der Waals surface area contributed by atoms with Gasteiger partial charge in [0.15, 0.2) is 0 Å². The second kappa shape index (κ2) is 11.5. The second-order valence-corrected chi connectivity index (χ2v) is 11.0. The van der Waals surface area contributed by atoms with Gasteiger partial charge in [-0.1, -0.05) is 32.1 Å². The second-order valence-electron chi connectivity index (χ2n) is 11.0. The van der Waals surface area contributed by atoms with E-state index in [2.05, 4.69) is 0 Å². The number of aryl methyl sites for hydroxylation is 1. The molecule has 9 nitrogen and oxygen atoms in total. The third-order valence-corrected chi connectivity index (χ3v) is 6.77. The summed E-state index contributed by atoms with van der Waals surface area (Å²) in [4.78, 5) is 36.4. The number of fused-ring (bicyclic) bond motifs is 1.